The second-order valence-electron chi connectivity index (χ2n) is 9.43. The fraction of sp³-hybridized carbons (Fsp3) is 0.481. The minimum atomic E-state index is -0.848. The summed E-state index contributed by atoms with van der Waals surface area (Å²) < 4.78 is 18.0. The number of hydrogen-bond donors (Lipinski definition) is 3. The highest BCUT2D eigenvalue weighted by molar-refractivity contribution is 5.82. The van der Waals surface area contributed by atoms with E-state index in [1.54, 1.807) is 54.7 Å². The van der Waals surface area contributed by atoms with E-state index >= 15 is 0 Å². The summed E-state index contributed by atoms with van der Waals surface area (Å²) in [5.41, 5.74) is 6.97. The Labute approximate surface area is 226 Å². The zero-order valence-corrected chi connectivity index (χ0v) is 22.3. The van der Waals surface area contributed by atoms with Crippen molar-refractivity contribution in [3.63, 3.8) is 0 Å². The maximum absolute atomic E-state index is 12.5. The molecule has 39 heavy (non-hydrogen) atoms. The van der Waals surface area contributed by atoms with Crippen molar-refractivity contribution in [2.45, 2.75) is 51.5 Å². The van der Waals surface area contributed by atoms with E-state index in [0.717, 1.165) is 12.8 Å². The quantitative estimate of drug-likeness (QED) is 0.364. The number of likely N-dealkylation sites (tertiary alicyclic amines) is 1. The molecule has 1 amide bonds. The molecule has 1 aliphatic heterocycles. The lowest BCUT2D eigenvalue weighted by atomic mass is 9.94. The number of imidazole rings is 1. The summed E-state index contributed by atoms with van der Waals surface area (Å²) in [6.45, 7) is 4.16. The van der Waals surface area contributed by atoms with Crippen LogP contribution >= 0.6 is 0 Å². The van der Waals surface area contributed by atoms with Crippen molar-refractivity contribution < 1.29 is 29.2 Å². The first kappa shape index (κ1) is 28.1. The second kappa shape index (κ2) is 12.8. The van der Waals surface area contributed by atoms with Gasteiger partial charge in [0.1, 0.15) is 29.3 Å². The first-order valence-electron chi connectivity index (χ1n) is 12.8. The number of aromatic nitrogens is 4. The van der Waals surface area contributed by atoms with Crippen molar-refractivity contribution >= 4 is 23.1 Å². The Morgan fingerprint density at radius 2 is 1.87 bits per heavy atom. The smallest absolute Gasteiger partial charge is 0.415 e. The Kier molecular flexibility index (Phi) is 9.19. The van der Waals surface area contributed by atoms with Gasteiger partial charge in [0.15, 0.2) is 11.5 Å². The minimum Gasteiger partial charge on any atom is -0.497 e. The zero-order chi connectivity index (χ0) is 27.9. The Balaban J connectivity index is 1.34. The molecule has 0 aliphatic carbocycles. The summed E-state index contributed by atoms with van der Waals surface area (Å²) in [6.07, 6.45) is 1.24. The van der Waals surface area contributed by atoms with E-state index in [-0.39, 0.29) is 24.3 Å². The molecule has 0 bridgehead atoms. The Bertz CT molecular complexity index is 1320. The Hall–Kier alpha value is -3.92. The van der Waals surface area contributed by atoms with Gasteiger partial charge in [-0.1, -0.05) is 5.92 Å². The number of nitrogens with two attached hydrogens (primary N) is 1. The van der Waals surface area contributed by atoms with Crippen molar-refractivity contribution in [1.82, 2.24) is 24.4 Å². The van der Waals surface area contributed by atoms with Gasteiger partial charge in [-0.25, -0.2) is 19.7 Å². The van der Waals surface area contributed by atoms with Crippen LogP contribution in [-0.4, -0.2) is 79.7 Å². The van der Waals surface area contributed by atoms with Gasteiger partial charge in [-0.2, -0.15) is 0 Å². The molecule has 208 valence electrons. The molecule has 1 aromatic carbocycles. The molecule has 3 atom stereocenters. The molecular formula is C27H34N6O6. The van der Waals surface area contributed by atoms with E-state index in [4.69, 9.17) is 19.9 Å². The first-order valence-corrected chi connectivity index (χ1v) is 12.8. The van der Waals surface area contributed by atoms with Gasteiger partial charge < -0.3 is 35.1 Å². The fourth-order valence-corrected chi connectivity index (χ4v) is 4.29. The number of aliphatic hydroxyl groups is 2. The SMILES string of the molecule is COc1ccc(OC(=O)N2CCC(CC#Cc3nc(N)c4ncn([C@@H](C)O[C@H](CO)C(C)O)c4n3)CC2)cc1. The van der Waals surface area contributed by atoms with Crippen molar-refractivity contribution in [3.05, 3.63) is 36.4 Å². The summed E-state index contributed by atoms with van der Waals surface area (Å²) in [4.78, 5) is 27.3. The van der Waals surface area contributed by atoms with Gasteiger partial charge in [0.2, 0.25) is 5.82 Å². The van der Waals surface area contributed by atoms with Crippen LogP contribution in [0.3, 0.4) is 0 Å². The molecule has 1 fully saturated rings. The molecule has 12 nitrogen and oxygen atoms in total. The number of rotatable bonds is 8. The molecule has 3 aromatic rings. The van der Waals surface area contributed by atoms with Crippen molar-refractivity contribution in [3.8, 4) is 23.3 Å². The first-order chi connectivity index (χ1) is 18.8. The summed E-state index contributed by atoms with van der Waals surface area (Å²) >= 11 is 0. The fourth-order valence-electron chi connectivity index (χ4n) is 4.29. The highest BCUT2D eigenvalue weighted by Gasteiger charge is 2.24. The van der Waals surface area contributed by atoms with Crippen LogP contribution in [0.5, 0.6) is 11.5 Å². The lowest BCUT2D eigenvalue weighted by Gasteiger charge is -2.30. The van der Waals surface area contributed by atoms with E-state index in [9.17, 15) is 15.0 Å². The van der Waals surface area contributed by atoms with Crippen molar-refractivity contribution in [1.29, 1.82) is 0 Å². The van der Waals surface area contributed by atoms with E-state index in [1.807, 2.05) is 0 Å². The third-order valence-electron chi connectivity index (χ3n) is 6.66. The molecule has 1 aliphatic rings. The average Bonchev–Trinajstić information content (AvgIpc) is 3.37. The van der Waals surface area contributed by atoms with Crippen LogP contribution < -0.4 is 15.2 Å². The molecule has 0 spiro atoms. The number of carbonyl (C=O) groups excluding carboxylic acids is 1. The number of hydrogen-bond acceptors (Lipinski definition) is 10. The number of aliphatic hydroxyl groups excluding tert-OH is 2. The van der Waals surface area contributed by atoms with Gasteiger partial charge in [0, 0.05) is 19.5 Å². The number of nitrogens with zero attached hydrogens (tertiary/aromatic N) is 5. The van der Waals surface area contributed by atoms with Crippen LogP contribution in [0.1, 0.15) is 45.2 Å². The molecular weight excluding hydrogens is 504 g/mol. The molecule has 0 saturated carbocycles. The van der Waals surface area contributed by atoms with Gasteiger partial charge in [-0.3, -0.25) is 4.57 Å². The van der Waals surface area contributed by atoms with Crippen LogP contribution in [-0.2, 0) is 4.74 Å². The topological polar surface area (TPSA) is 158 Å². The van der Waals surface area contributed by atoms with E-state index in [2.05, 4.69) is 26.8 Å². The number of piperidine rings is 1. The Morgan fingerprint density at radius 3 is 2.51 bits per heavy atom. The summed E-state index contributed by atoms with van der Waals surface area (Å²) in [7, 11) is 1.58. The highest BCUT2D eigenvalue weighted by Crippen LogP contribution is 2.24. The number of ether oxygens (including phenoxy) is 3. The minimum absolute atomic E-state index is 0.202. The monoisotopic (exact) mass is 538 g/mol. The van der Waals surface area contributed by atoms with Crippen LogP contribution in [0.25, 0.3) is 11.2 Å². The predicted octanol–water partition coefficient (Wildman–Crippen LogP) is 2.35. The predicted molar refractivity (Wildman–Crippen MR) is 143 cm³/mol. The largest absolute Gasteiger partial charge is 0.497 e. The third-order valence-corrected chi connectivity index (χ3v) is 6.66. The molecule has 0 radical (unpaired) electrons. The highest BCUT2D eigenvalue weighted by atomic mass is 16.6. The zero-order valence-electron chi connectivity index (χ0n) is 22.3. The molecule has 1 unspecified atom stereocenters. The average molecular weight is 539 g/mol. The van der Waals surface area contributed by atoms with E-state index in [1.165, 1.54) is 6.33 Å². The maximum atomic E-state index is 12.5. The lowest BCUT2D eigenvalue weighted by molar-refractivity contribution is -0.110. The van der Waals surface area contributed by atoms with Gasteiger partial charge in [-0.15, -0.1) is 0 Å². The molecule has 4 rings (SSSR count). The molecule has 4 N–H and O–H groups in total. The summed E-state index contributed by atoms with van der Waals surface area (Å²) in [5.74, 6) is 8.12. The lowest BCUT2D eigenvalue weighted by Crippen LogP contribution is -2.40. The van der Waals surface area contributed by atoms with Crippen molar-refractivity contribution in [2.75, 3.05) is 32.5 Å². The standard InChI is InChI=1S/C27H34N6O6/c1-17(35)22(15-34)38-18(2)33-16-29-24-25(28)30-23(31-26(24)33)6-4-5-19-11-13-32(14-12-19)27(36)39-21-9-7-20(37-3)8-10-21/h7-10,16-19,22,34-35H,5,11-15H2,1-3H3,(H2,28,30,31)/t17?,18-,22-/m1/s1. The van der Waals surface area contributed by atoms with Crippen LogP contribution in [0.15, 0.2) is 30.6 Å². The summed E-state index contributed by atoms with van der Waals surface area (Å²) in [5, 5.41) is 19.2. The molecule has 2 aromatic heterocycles. The number of amides is 1. The van der Waals surface area contributed by atoms with Gasteiger partial charge in [0.05, 0.1) is 26.1 Å². The molecule has 1 saturated heterocycles. The molecule has 3 heterocycles. The Morgan fingerprint density at radius 1 is 1.18 bits per heavy atom. The number of nitrogen functional groups attached to an aromatic ring is 1. The van der Waals surface area contributed by atoms with E-state index in [0.29, 0.717) is 48.1 Å². The number of fused-ring (bicyclic) bond motifs is 1. The molecule has 12 heteroatoms. The number of anilines is 1. The number of benzene rings is 1. The van der Waals surface area contributed by atoms with Gasteiger partial charge in [-0.05, 0) is 62.8 Å². The maximum Gasteiger partial charge on any atom is 0.415 e. The number of methoxy groups -OCH3 is 1. The normalized spacial score (nSPS) is 16.3. The number of carbonyl (C=O) groups is 1. The van der Waals surface area contributed by atoms with Gasteiger partial charge >= 0.3 is 6.09 Å². The summed E-state index contributed by atoms with van der Waals surface area (Å²) in [6, 6.07) is 6.89. The van der Waals surface area contributed by atoms with E-state index < -0.39 is 18.4 Å². The van der Waals surface area contributed by atoms with Crippen LogP contribution in [0.2, 0.25) is 0 Å². The van der Waals surface area contributed by atoms with Crippen LogP contribution in [0, 0.1) is 17.8 Å². The van der Waals surface area contributed by atoms with Gasteiger partial charge in [0.25, 0.3) is 0 Å². The van der Waals surface area contributed by atoms with Crippen LogP contribution in [0.4, 0.5) is 10.6 Å². The van der Waals surface area contributed by atoms with Crippen molar-refractivity contribution in [2.24, 2.45) is 5.92 Å². The third kappa shape index (κ3) is 6.94. The second-order valence-corrected chi connectivity index (χ2v) is 9.43.